The Balaban J connectivity index is 0.000000138. The third kappa shape index (κ3) is 27.5. The maximum absolute atomic E-state index is 11.9. The number of benzene rings is 1. The largest absolute Gasteiger partial charge is 0.461 e. The number of aromatic nitrogens is 9. The van der Waals surface area contributed by atoms with Crippen LogP contribution in [-0.4, -0.2) is 172 Å². The van der Waals surface area contributed by atoms with Gasteiger partial charge in [-0.25, -0.2) is 39.9 Å². The van der Waals surface area contributed by atoms with E-state index in [1.807, 2.05) is 6.07 Å². The van der Waals surface area contributed by atoms with Gasteiger partial charge in [0.15, 0.2) is 34.7 Å². The predicted octanol–water partition coefficient (Wildman–Crippen LogP) is 13.1. The number of nitrogens with one attached hydrogen (secondary N) is 2. The molecule has 12 heterocycles. The van der Waals surface area contributed by atoms with E-state index in [0.717, 1.165) is 217 Å². The van der Waals surface area contributed by atoms with E-state index in [1.54, 1.807) is 104 Å². The van der Waals surface area contributed by atoms with E-state index in [2.05, 4.69) is 120 Å². The van der Waals surface area contributed by atoms with E-state index >= 15 is 0 Å². The lowest BCUT2D eigenvalue weighted by Crippen LogP contribution is -2.36. The molecule has 3 aliphatic carbocycles. The summed E-state index contributed by atoms with van der Waals surface area (Å²) in [5, 5.41) is 11.1. The average Bonchev–Trinajstić information content (AvgIpc) is 1.71. The number of Topliss-reactive ketones (excluding diaryl/α,β-unsaturated/α-hetero) is 4. The highest BCUT2D eigenvalue weighted by Crippen LogP contribution is 2.36. The van der Waals surface area contributed by atoms with E-state index in [1.165, 1.54) is 11.3 Å². The van der Waals surface area contributed by atoms with E-state index < -0.39 is 0 Å². The van der Waals surface area contributed by atoms with Crippen molar-refractivity contribution in [1.82, 2.24) is 55.5 Å². The first kappa shape index (κ1) is 87.3. The number of hydrogen-bond donors (Lipinski definition) is 3. The van der Waals surface area contributed by atoms with Crippen LogP contribution in [0.15, 0.2) is 156 Å². The van der Waals surface area contributed by atoms with Crippen molar-refractivity contribution in [2.24, 2.45) is 28.5 Å². The summed E-state index contributed by atoms with van der Waals surface area (Å²) in [5.41, 5.74) is 14.3. The lowest BCUT2D eigenvalue weighted by Gasteiger charge is -2.29. The quantitative estimate of drug-likeness (QED) is 0.0149. The first-order chi connectivity index (χ1) is 58.0. The van der Waals surface area contributed by atoms with Gasteiger partial charge in [0.25, 0.3) is 0 Å². The number of ether oxygens (including phenoxy) is 3. The second-order valence-electron chi connectivity index (χ2n) is 30.0. The Hall–Kier alpha value is -9.54. The molecule has 5 aliphatic heterocycles. The van der Waals surface area contributed by atoms with E-state index in [4.69, 9.17) is 29.3 Å². The van der Waals surface area contributed by atoms with Crippen molar-refractivity contribution in [2.75, 3.05) is 64.7 Å². The number of carbonyl (C=O) groups is 8. The fraction of sp³-hybridized carbons (Fsp3) is 0.409. The van der Waals surface area contributed by atoms with E-state index in [0.29, 0.717) is 116 Å². The first-order valence-electron chi connectivity index (χ1n) is 40.4. The summed E-state index contributed by atoms with van der Waals surface area (Å²) in [7, 11) is 1.68. The maximum Gasteiger partial charge on any atom is 0.201 e. The molecule has 0 spiro atoms. The van der Waals surface area contributed by atoms with Crippen LogP contribution < -0.4 is 21.3 Å². The van der Waals surface area contributed by atoms with Crippen molar-refractivity contribution >= 4 is 138 Å². The molecule has 620 valence electrons. The number of nitrogens with two attached hydrogens (primary N) is 1. The molecule has 8 aromatic rings. The molecule has 0 bridgehead atoms. The van der Waals surface area contributed by atoms with Crippen LogP contribution in [0.3, 0.4) is 0 Å². The molecule has 0 unspecified atom stereocenters. The number of pyridine rings is 1. The van der Waals surface area contributed by atoms with Crippen molar-refractivity contribution < 1.29 is 57.0 Å². The summed E-state index contributed by atoms with van der Waals surface area (Å²) in [6, 6.07) is 28.7. The Labute approximate surface area is 712 Å². The Morgan fingerprint density at radius 2 is 0.992 bits per heavy atom. The average molecular weight is 1700 g/mol. The topological polar surface area (TPSA) is 359 Å². The van der Waals surface area contributed by atoms with Gasteiger partial charge in [0.05, 0.1) is 125 Å². The number of furan rings is 1. The molecule has 1 aromatic carbocycles. The molecule has 4 N–H and O–H groups in total. The molecule has 8 aliphatic rings. The summed E-state index contributed by atoms with van der Waals surface area (Å²) in [5.74, 6) is 5.29. The lowest BCUT2D eigenvalue weighted by atomic mass is 9.84. The molecule has 0 radical (unpaired) electrons. The number of thioether (sulfide) groups is 4. The molecule has 119 heavy (non-hydrogen) atoms. The van der Waals surface area contributed by atoms with Gasteiger partial charge in [0.1, 0.15) is 23.3 Å². The molecule has 3 saturated carbocycles. The molecule has 0 amide bonds. The standard InChI is InChI=1S/C26H26N4O2S2.C21H22N4O3S.C21H29N3O4S.C20H19N3O3S/c31-23-14-26(32)34-24(23)13-20-8-10-27-25(30-20)12-17-4-6-19(7-5-17)28-15-21-2-1-3-22(29-21)18-9-11-33-16-18;22-21(17-2-1-9-28-17)25-14-5-3-13(4-6-14)10-19-23-8-7-15(24-19)11-18-16(26)12-20(27)29-18;1-27-10-11-28-9-8-22-16-4-2-15(3-5-16)12-20-23-7-6-17(24-20)13-19-18(25)14-21(26)29-19;24-17-13-20(25)27-18(17)12-15-5-6-21-19(22-15)11-14-1-3-16(4-2-14)23-7-9-26-10-8-23/h1-3,8-11,13,16-17,19,28H,4-7,12,14-15H2;1-2,7-9,11,13-14H,3-6,10,12H2,(H2,22,25);6-7,13,15-16,22H,2-5,8-12,14H2,1H3;1-6,12H,7-11,13H2/b24-13-;18-11-;19-13-;18-12-. The monoisotopic (exact) mass is 1700 g/mol. The van der Waals surface area contributed by atoms with Crippen LogP contribution in [0.2, 0.25) is 0 Å². The fourth-order valence-corrected chi connectivity index (χ4v) is 18.9. The normalized spacial score (nSPS) is 22.4. The molecule has 7 aromatic heterocycles. The van der Waals surface area contributed by atoms with E-state index in [-0.39, 0.29) is 75.3 Å². The highest BCUT2D eigenvalue weighted by Gasteiger charge is 2.31. The SMILES string of the molecule is COCCOCCNC1CCC(Cc2nccc(/C=C3\SC(=O)CC3=O)n2)CC1.NC(=NC1CCC(Cc2nccc(/C=C3\SC(=O)CC3=O)n2)CC1)c1ccco1.O=C1CC(=O)/C(=C/c2ccnc(CC3CCC(NCc4cccc(-c5ccsc5)n4)CC3)n2)S1.O=C1CC(=O)/C(=C/c2ccnc(Cc3ccc(N4CCOCC4)cc3)n2)S1. The summed E-state index contributed by atoms with van der Waals surface area (Å²) >= 11 is 5.71. The number of anilines is 1. The molecule has 0 atom stereocenters. The van der Waals surface area contributed by atoms with Gasteiger partial charge in [-0.2, -0.15) is 11.3 Å². The van der Waals surface area contributed by atoms with Crippen molar-refractivity contribution in [1.29, 1.82) is 0 Å². The molecule has 16 rings (SSSR count). The number of amidine groups is 1. The van der Waals surface area contributed by atoms with Crippen LogP contribution in [0.25, 0.3) is 35.6 Å². The number of hydrogen-bond acceptors (Lipinski definition) is 30. The van der Waals surface area contributed by atoms with Gasteiger partial charge in [-0.3, -0.25) is 48.3 Å². The third-order valence-electron chi connectivity index (χ3n) is 21.2. The number of allylic oxidation sites excluding steroid dienone is 4. The Kier molecular flexibility index (Phi) is 32.8. The second-order valence-corrected chi connectivity index (χ2v) is 35.2. The van der Waals surface area contributed by atoms with Crippen LogP contribution in [0, 0.1) is 17.8 Å². The Morgan fingerprint density at radius 1 is 0.521 bits per heavy atom. The molecular formula is C88H96N14O12S5. The number of nitrogens with zero attached hydrogens (tertiary/aromatic N) is 11. The highest BCUT2D eigenvalue weighted by atomic mass is 32.2. The maximum atomic E-state index is 11.9. The minimum absolute atomic E-state index is 0.00893. The van der Waals surface area contributed by atoms with Gasteiger partial charge in [-0.05, 0) is 244 Å². The van der Waals surface area contributed by atoms with Gasteiger partial charge in [0, 0.05) is 112 Å². The zero-order valence-corrected chi connectivity index (χ0v) is 70.4. The molecule has 8 fully saturated rings. The van der Waals surface area contributed by atoms with E-state index in [9.17, 15) is 38.4 Å². The number of methoxy groups -OCH3 is 1. The zero-order valence-electron chi connectivity index (χ0n) is 66.3. The first-order valence-corrected chi connectivity index (χ1v) is 44.6. The third-order valence-corrected chi connectivity index (χ3v) is 25.7. The highest BCUT2D eigenvalue weighted by molar-refractivity contribution is 8.19. The van der Waals surface area contributed by atoms with Crippen LogP contribution in [-0.2, 0) is 84.8 Å². The second kappa shape index (κ2) is 44.7. The number of ketones is 4. The Morgan fingerprint density at radius 3 is 1.44 bits per heavy atom. The smallest absolute Gasteiger partial charge is 0.201 e. The minimum Gasteiger partial charge on any atom is -0.461 e. The van der Waals surface area contributed by atoms with Gasteiger partial charge < -0.3 is 39.9 Å². The summed E-state index contributed by atoms with van der Waals surface area (Å²) < 4.78 is 21.1. The number of rotatable bonds is 26. The van der Waals surface area contributed by atoms with Crippen LogP contribution in [0.4, 0.5) is 5.69 Å². The van der Waals surface area contributed by atoms with Gasteiger partial charge in [-0.15, -0.1) is 0 Å². The van der Waals surface area contributed by atoms with Crippen LogP contribution in [0.5, 0.6) is 0 Å². The van der Waals surface area contributed by atoms with Crippen LogP contribution in [0.1, 0.15) is 166 Å². The van der Waals surface area contributed by atoms with Crippen LogP contribution >= 0.6 is 58.4 Å². The van der Waals surface area contributed by atoms with Gasteiger partial charge in [0.2, 0.25) is 20.5 Å². The van der Waals surface area contributed by atoms with Crippen molar-refractivity contribution in [3.63, 3.8) is 0 Å². The molecular weight excluding hydrogens is 1610 g/mol. The number of carbonyl (C=O) groups excluding carboxylic acids is 8. The summed E-state index contributed by atoms with van der Waals surface area (Å²) in [4.78, 5) is 142. The van der Waals surface area contributed by atoms with Gasteiger partial charge in [-0.1, -0.05) is 18.2 Å². The predicted molar refractivity (Wildman–Crippen MR) is 464 cm³/mol. The number of morpholine rings is 1. The Bertz CT molecular complexity index is 5010. The zero-order chi connectivity index (χ0) is 82.7. The summed E-state index contributed by atoms with van der Waals surface area (Å²) in [6.07, 6.45) is 31.4. The van der Waals surface area contributed by atoms with Gasteiger partial charge >= 0.3 is 0 Å². The number of aliphatic imine (C=N–C) groups is 1. The summed E-state index contributed by atoms with van der Waals surface area (Å²) in [6.45, 7) is 7.02. The lowest BCUT2D eigenvalue weighted by molar-refractivity contribution is -0.120. The fourth-order valence-electron chi connectivity index (χ4n) is 15.0. The van der Waals surface area contributed by atoms with Crippen molar-refractivity contribution in [3.05, 3.63) is 209 Å². The molecule has 31 heteroatoms. The minimum atomic E-state index is -0.135. The molecule has 5 saturated heterocycles. The van der Waals surface area contributed by atoms with Crippen molar-refractivity contribution in [2.45, 2.75) is 153 Å². The number of thiophene rings is 1. The van der Waals surface area contributed by atoms with Crippen molar-refractivity contribution in [3.8, 4) is 11.3 Å². The molecule has 26 nitrogen and oxygen atoms in total.